The number of likely N-dealkylation sites (N-methyl/N-ethyl adjacent to an activating group) is 1. The highest BCUT2D eigenvalue weighted by Crippen LogP contribution is 2.47. The molecule has 2 aliphatic carbocycles. The SMILES string of the molecule is CN1CCN(NC(=O)c2ccc(Nc3ncc(NC=O)c(N(CC4(C)CC4)C4CCCC4)n3)c(F)c2)CC1. The Hall–Kier alpha value is -3.31. The molecule has 0 atom stereocenters. The molecule has 2 heterocycles. The maximum absolute atomic E-state index is 15.1. The second-order valence-corrected chi connectivity index (χ2v) is 11.1. The molecule has 0 bridgehead atoms. The minimum Gasteiger partial charge on any atom is -0.351 e. The molecule has 0 radical (unpaired) electrons. The van der Waals surface area contributed by atoms with Crippen molar-refractivity contribution in [1.82, 2.24) is 25.3 Å². The summed E-state index contributed by atoms with van der Waals surface area (Å²) in [5.41, 5.74) is 4.05. The fourth-order valence-electron chi connectivity index (χ4n) is 5.20. The van der Waals surface area contributed by atoms with Crippen molar-refractivity contribution in [1.29, 1.82) is 0 Å². The lowest BCUT2D eigenvalue weighted by Gasteiger charge is -2.34. The van der Waals surface area contributed by atoms with Crippen LogP contribution in [0.2, 0.25) is 0 Å². The molecule has 1 aliphatic heterocycles. The first-order valence-electron chi connectivity index (χ1n) is 13.5. The number of rotatable bonds is 10. The van der Waals surface area contributed by atoms with Crippen LogP contribution >= 0.6 is 0 Å². The molecule has 204 valence electrons. The van der Waals surface area contributed by atoms with Crippen LogP contribution in [0.5, 0.6) is 0 Å². The summed E-state index contributed by atoms with van der Waals surface area (Å²) >= 11 is 0. The Labute approximate surface area is 223 Å². The molecule has 0 unspecified atom stereocenters. The highest BCUT2D eigenvalue weighted by atomic mass is 19.1. The van der Waals surface area contributed by atoms with Gasteiger partial charge in [0.25, 0.3) is 5.91 Å². The first-order valence-corrected chi connectivity index (χ1v) is 13.5. The Kier molecular flexibility index (Phi) is 7.75. The number of halogens is 1. The van der Waals surface area contributed by atoms with E-state index in [1.54, 1.807) is 12.3 Å². The van der Waals surface area contributed by atoms with Gasteiger partial charge in [-0.3, -0.25) is 15.0 Å². The van der Waals surface area contributed by atoms with Crippen molar-refractivity contribution >= 4 is 35.5 Å². The van der Waals surface area contributed by atoms with Gasteiger partial charge < -0.3 is 20.4 Å². The second-order valence-electron chi connectivity index (χ2n) is 11.1. The number of nitrogens with one attached hydrogen (secondary N) is 3. The van der Waals surface area contributed by atoms with Gasteiger partial charge in [-0.15, -0.1) is 0 Å². The summed E-state index contributed by atoms with van der Waals surface area (Å²) in [6, 6.07) is 4.67. The average molecular weight is 525 g/mol. The molecule has 0 spiro atoms. The Morgan fingerprint density at radius 1 is 1.18 bits per heavy atom. The third-order valence-electron chi connectivity index (χ3n) is 7.92. The van der Waals surface area contributed by atoms with Crippen LogP contribution in [0.3, 0.4) is 0 Å². The molecule has 2 aromatic rings. The molecule has 2 amide bonds. The van der Waals surface area contributed by atoms with E-state index in [-0.39, 0.29) is 28.5 Å². The number of nitrogens with zero attached hydrogens (tertiary/aromatic N) is 5. The van der Waals surface area contributed by atoms with Gasteiger partial charge in [0.2, 0.25) is 12.4 Å². The van der Waals surface area contributed by atoms with Gasteiger partial charge in [-0.05, 0) is 56.3 Å². The fourth-order valence-corrected chi connectivity index (χ4v) is 5.20. The molecule has 1 aromatic heterocycles. The molecule has 3 aliphatic rings. The van der Waals surface area contributed by atoms with Gasteiger partial charge in [-0.25, -0.2) is 14.4 Å². The molecule has 11 heteroatoms. The quantitative estimate of drug-likeness (QED) is 0.407. The lowest BCUT2D eigenvalue weighted by molar-refractivity contribution is -0.105. The molecule has 1 saturated heterocycles. The van der Waals surface area contributed by atoms with E-state index in [9.17, 15) is 9.59 Å². The number of carbonyl (C=O) groups excluding carboxylic acids is 2. The molecular weight excluding hydrogens is 487 g/mol. The lowest BCUT2D eigenvalue weighted by atomic mass is 10.1. The van der Waals surface area contributed by atoms with Crippen molar-refractivity contribution in [2.45, 2.75) is 51.5 Å². The van der Waals surface area contributed by atoms with Crippen LogP contribution in [0.1, 0.15) is 55.8 Å². The minimum atomic E-state index is -0.575. The predicted molar refractivity (Wildman–Crippen MR) is 145 cm³/mol. The van der Waals surface area contributed by atoms with Gasteiger partial charge in [0.15, 0.2) is 5.82 Å². The Balaban J connectivity index is 1.33. The number of anilines is 4. The normalized spacial score (nSPS) is 19.7. The molecular formula is C27H37FN8O2. The number of aromatic nitrogens is 2. The van der Waals surface area contributed by atoms with Crippen LogP contribution in [0.25, 0.3) is 0 Å². The Morgan fingerprint density at radius 2 is 1.92 bits per heavy atom. The standard InChI is InChI=1S/C27H37FN8O2/c1-27(9-10-27)17-36(20-5-3-4-6-20)24-23(30-18-37)16-29-26(32-24)31-22-8-7-19(15-21(22)28)25(38)33-35-13-11-34(2)12-14-35/h7-8,15-16,18,20H,3-6,9-14,17H2,1-2H3,(H,30,37)(H,33,38)(H,29,31,32). The van der Waals surface area contributed by atoms with E-state index in [2.05, 4.69) is 37.8 Å². The van der Waals surface area contributed by atoms with E-state index in [1.165, 1.54) is 37.8 Å². The highest BCUT2D eigenvalue weighted by Gasteiger charge is 2.41. The van der Waals surface area contributed by atoms with E-state index < -0.39 is 5.82 Å². The van der Waals surface area contributed by atoms with Gasteiger partial charge >= 0.3 is 0 Å². The smallest absolute Gasteiger partial charge is 0.265 e. The zero-order chi connectivity index (χ0) is 26.7. The second kappa shape index (κ2) is 11.2. The summed E-state index contributed by atoms with van der Waals surface area (Å²) in [6.45, 7) is 6.29. The van der Waals surface area contributed by atoms with Crippen molar-refractivity contribution in [3.8, 4) is 0 Å². The number of hydrogen-bond acceptors (Lipinski definition) is 8. The summed E-state index contributed by atoms with van der Waals surface area (Å²) in [4.78, 5) is 37.6. The van der Waals surface area contributed by atoms with Crippen LogP contribution in [0, 0.1) is 11.2 Å². The van der Waals surface area contributed by atoms with Crippen molar-refractivity contribution in [2.24, 2.45) is 5.41 Å². The molecule has 10 nitrogen and oxygen atoms in total. The van der Waals surface area contributed by atoms with Gasteiger partial charge in [0, 0.05) is 44.3 Å². The number of carbonyl (C=O) groups is 2. The van der Waals surface area contributed by atoms with Crippen LogP contribution < -0.4 is 21.0 Å². The maximum atomic E-state index is 15.1. The van der Waals surface area contributed by atoms with E-state index in [4.69, 9.17) is 4.98 Å². The molecule has 3 fully saturated rings. The van der Waals surface area contributed by atoms with Crippen molar-refractivity contribution in [3.63, 3.8) is 0 Å². The average Bonchev–Trinajstić information content (AvgIpc) is 3.39. The van der Waals surface area contributed by atoms with Crippen LogP contribution in [-0.2, 0) is 4.79 Å². The summed E-state index contributed by atoms with van der Waals surface area (Å²) in [6.07, 6.45) is 9.03. The molecule has 2 saturated carbocycles. The van der Waals surface area contributed by atoms with Crippen LogP contribution in [0.4, 0.5) is 27.5 Å². The van der Waals surface area contributed by atoms with E-state index in [1.807, 2.05) is 12.1 Å². The number of piperazine rings is 1. The van der Waals surface area contributed by atoms with Crippen molar-refractivity contribution in [2.75, 3.05) is 55.3 Å². The third kappa shape index (κ3) is 6.21. The minimum absolute atomic E-state index is 0.171. The molecule has 1 aromatic carbocycles. The van der Waals surface area contributed by atoms with E-state index >= 15 is 4.39 Å². The zero-order valence-corrected chi connectivity index (χ0v) is 22.2. The van der Waals surface area contributed by atoms with Gasteiger partial charge in [0.1, 0.15) is 11.5 Å². The first-order chi connectivity index (χ1) is 18.3. The summed E-state index contributed by atoms with van der Waals surface area (Å²) in [5.74, 6) is -0.0369. The zero-order valence-electron chi connectivity index (χ0n) is 22.2. The topological polar surface area (TPSA) is 106 Å². The van der Waals surface area contributed by atoms with Crippen LogP contribution in [0.15, 0.2) is 24.4 Å². The Morgan fingerprint density at radius 3 is 2.58 bits per heavy atom. The monoisotopic (exact) mass is 524 g/mol. The number of hydrogen-bond donors (Lipinski definition) is 3. The summed E-state index contributed by atoms with van der Waals surface area (Å²) in [7, 11) is 2.04. The molecule has 5 rings (SSSR count). The third-order valence-corrected chi connectivity index (χ3v) is 7.92. The summed E-state index contributed by atoms with van der Waals surface area (Å²) in [5, 5.41) is 7.57. The Bertz CT molecular complexity index is 1160. The molecule has 3 N–H and O–H groups in total. The van der Waals surface area contributed by atoms with Crippen molar-refractivity contribution in [3.05, 3.63) is 35.8 Å². The maximum Gasteiger partial charge on any atom is 0.265 e. The van der Waals surface area contributed by atoms with Crippen LogP contribution in [-0.4, -0.2) is 78.0 Å². The van der Waals surface area contributed by atoms with Gasteiger partial charge in [0.05, 0.1) is 11.9 Å². The molecule has 38 heavy (non-hydrogen) atoms. The number of benzene rings is 1. The first kappa shape index (κ1) is 26.3. The number of hydrazine groups is 1. The number of amides is 2. The van der Waals surface area contributed by atoms with Gasteiger partial charge in [-0.2, -0.15) is 4.98 Å². The summed E-state index contributed by atoms with van der Waals surface area (Å²) < 4.78 is 15.1. The van der Waals surface area contributed by atoms with Gasteiger partial charge in [-0.1, -0.05) is 19.8 Å². The van der Waals surface area contributed by atoms with E-state index in [0.29, 0.717) is 24.0 Å². The van der Waals surface area contributed by atoms with Crippen molar-refractivity contribution < 1.29 is 14.0 Å². The largest absolute Gasteiger partial charge is 0.351 e. The fraction of sp³-hybridized carbons (Fsp3) is 0.556. The predicted octanol–water partition coefficient (Wildman–Crippen LogP) is 3.37. The highest BCUT2D eigenvalue weighted by molar-refractivity contribution is 5.94. The lowest BCUT2D eigenvalue weighted by Crippen LogP contribution is -2.52. The van der Waals surface area contributed by atoms with E-state index in [0.717, 1.165) is 45.6 Å².